The Balaban J connectivity index is 1.56. The summed E-state index contributed by atoms with van der Waals surface area (Å²) in [6, 6.07) is 22.3. The quantitative estimate of drug-likeness (QED) is 0.457. The van der Waals surface area contributed by atoms with Gasteiger partial charge in [0.2, 0.25) is 0 Å². The molecule has 0 fully saturated rings. The number of carboxylic acids is 1. The molecule has 1 aliphatic rings. The highest BCUT2D eigenvalue weighted by Crippen LogP contribution is 2.48. The summed E-state index contributed by atoms with van der Waals surface area (Å²) in [6.07, 6.45) is 0.170. The number of nitrogens with zero attached hydrogens (tertiary/aromatic N) is 3. The molecule has 0 bridgehead atoms. The molecule has 2 heterocycles. The summed E-state index contributed by atoms with van der Waals surface area (Å²) in [4.78, 5) is 12.4. The fourth-order valence-corrected chi connectivity index (χ4v) is 4.09. The minimum Gasteiger partial charge on any atom is -0.480 e. The van der Waals surface area contributed by atoms with Crippen LogP contribution in [0.15, 0.2) is 72.8 Å². The van der Waals surface area contributed by atoms with Crippen molar-refractivity contribution in [2.45, 2.75) is 17.9 Å². The van der Waals surface area contributed by atoms with Gasteiger partial charge < -0.3 is 15.6 Å². The van der Waals surface area contributed by atoms with Gasteiger partial charge >= 0.3 is 5.97 Å². The van der Waals surface area contributed by atoms with Crippen LogP contribution in [0.1, 0.15) is 29.0 Å². The molecule has 31 heavy (non-hydrogen) atoms. The van der Waals surface area contributed by atoms with Gasteiger partial charge in [-0.15, -0.1) is 5.10 Å². The van der Waals surface area contributed by atoms with E-state index in [4.69, 9.17) is 10.5 Å². The zero-order chi connectivity index (χ0) is 21.4. The summed E-state index contributed by atoms with van der Waals surface area (Å²) in [6.45, 7) is 0. The minimum atomic E-state index is -1.61. The van der Waals surface area contributed by atoms with Gasteiger partial charge in [0.25, 0.3) is 0 Å². The number of ether oxygens (including phenoxy) is 1. The number of aromatic amines is 1. The highest BCUT2D eigenvalue weighted by atomic mass is 16.5. The number of nitrogens with one attached hydrogen (secondary N) is 1. The van der Waals surface area contributed by atoms with Gasteiger partial charge in [-0.3, -0.25) is 0 Å². The highest BCUT2D eigenvalue weighted by Gasteiger charge is 2.41. The van der Waals surface area contributed by atoms with Crippen LogP contribution in [0.2, 0.25) is 0 Å². The van der Waals surface area contributed by atoms with E-state index in [0.29, 0.717) is 22.9 Å². The van der Waals surface area contributed by atoms with Crippen molar-refractivity contribution in [3.63, 3.8) is 0 Å². The molecule has 4 aromatic rings. The third-order valence-corrected chi connectivity index (χ3v) is 5.74. The lowest BCUT2D eigenvalue weighted by Crippen LogP contribution is -2.46. The molecule has 0 amide bonds. The molecule has 1 aromatic heterocycles. The molecule has 5 rings (SSSR count). The van der Waals surface area contributed by atoms with Gasteiger partial charge in [-0.2, -0.15) is 0 Å². The lowest BCUT2D eigenvalue weighted by molar-refractivity contribution is -0.144. The number of aromatic nitrogens is 4. The summed E-state index contributed by atoms with van der Waals surface area (Å²) in [5.74, 6) is 0.597. The van der Waals surface area contributed by atoms with E-state index in [-0.39, 0.29) is 12.3 Å². The van der Waals surface area contributed by atoms with Gasteiger partial charge in [0, 0.05) is 22.6 Å². The number of carboxylic acid groups (broad SMARTS) is 1. The Morgan fingerprint density at radius 3 is 2.16 bits per heavy atom. The Kier molecular flexibility index (Phi) is 4.48. The maximum absolute atomic E-state index is 12.4. The molecular weight excluding hydrogens is 394 g/mol. The molecule has 8 heteroatoms. The Labute approximate surface area is 177 Å². The van der Waals surface area contributed by atoms with Crippen LogP contribution >= 0.6 is 0 Å². The molecular formula is C23H19N5O3. The number of tetrazole rings is 1. The molecule has 4 N–H and O–H groups in total. The smallest absolute Gasteiger partial charge is 0.328 e. The predicted octanol–water partition coefficient (Wildman–Crippen LogP) is 3.43. The van der Waals surface area contributed by atoms with Crippen LogP contribution in [0.25, 0.3) is 11.4 Å². The number of H-pyrrole nitrogens is 1. The van der Waals surface area contributed by atoms with E-state index in [1.54, 1.807) is 24.3 Å². The first-order chi connectivity index (χ1) is 15.1. The SMILES string of the molecule is NC(CC1c2ccccc2Oc2ccccc21)(C(=O)O)c1ccc(-c2nnn[nH]2)cc1. The molecule has 0 saturated heterocycles. The van der Waals surface area contributed by atoms with E-state index >= 15 is 0 Å². The number of fused-ring (bicyclic) bond motifs is 2. The second kappa shape index (κ2) is 7.33. The lowest BCUT2D eigenvalue weighted by Gasteiger charge is -2.34. The van der Waals surface area contributed by atoms with Crippen LogP contribution in [0.5, 0.6) is 11.5 Å². The Morgan fingerprint density at radius 1 is 1.00 bits per heavy atom. The van der Waals surface area contributed by atoms with E-state index < -0.39 is 11.5 Å². The van der Waals surface area contributed by atoms with Gasteiger partial charge in [-0.05, 0) is 34.5 Å². The van der Waals surface area contributed by atoms with Crippen molar-refractivity contribution in [1.82, 2.24) is 20.6 Å². The molecule has 3 aromatic carbocycles. The maximum atomic E-state index is 12.4. The molecule has 8 nitrogen and oxygen atoms in total. The topological polar surface area (TPSA) is 127 Å². The molecule has 0 spiro atoms. The zero-order valence-electron chi connectivity index (χ0n) is 16.4. The van der Waals surface area contributed by atoms with Gasteiger partial charge in [0.05, 0.1) is 0 Å². The van der Waals surface area contributed by atoms with E-state index in [1.165, 1.54) is 0 Å². The van der Waals surface area contributed by atoms with Crippen molar-refractivity contribution in [3.8, 4) is 22.9 Å². The Hall–Kier alpha value is -4.04. The number of hydrogen-bond donors (Lipinski definition) is 3. The molecule has 1 unspecified atom stereocenters. The highest BCUT2D eigenvalue weighted by molar-refractivity contribution is 5.81. The first-order valence-electron chi connectivity index (χ1n) is 9.79. The predicted molar refractivity (Wildman–Crippen MR) is 113 cm³/mol. The van der Waals surface area contributed by atoms with Gasteiger partial charge in [0.1, 0.15) is 17.0 Å². The van der Waals surface area contributed by atoms with Crippen molar-refractivity contribution in [2.75, 3.05) is 0 Å². The molecule has 1 atom stereocenters. The second-order valence-corrected chi connectivity index (χ2v) is 7.54. The van der Waals surface area contributed by atoms with Crippen molar-refractivity contribution < 1.29 is 14.6 Å². The van der Waals surface area contributed by atoms with Crippen LogP contribution in [-0.4, -0.2) is 31.7 Å². The largest absolute Gasteiger partial charge is 0.480 e. The molecule has 1 aliphatic heterocycles. The van der Waals surface area contributed by atoms with E-state index in [0.717, 1.165) is 16.7 Å². The number of benzene rings is 3. The molecule has 0 saturated carbocycles. The summed E-state index contributed by atoms with van der Waals surface area (Å²) >= 11 is 0. The van der Waals surface area contributed by atoms with Gasteiger partial charge in [0.15, 0.2) is 5.82 Å². The monoisotopic (exact) mass is 413 g/mol. The third-order valence-electron chi connectivity index (χ3n) is 5.74. The molecule has 0 radical (unpaired) electrons. The van der Waals surface area contributed by atoms with Crippen LogP contribution < -0.4 is 10.5 Å². The number of aliphatic carboxylic acids is 1. The second-order valence-electron chi connectivity index (χ2n) is 7.54. The lowest BCUT2D eigenvalue weighted by atomic mass is 9.75. The summed E-state index contributed by atoms with van der Waals surface area (Å²) in [5.41, 5.74) is 8.05. The van der Waals surface area contributed by atoms with Crippen LogP contribution in [0, 0.1) is 0 Å². The fraction of sp³-hybridized carbons (Fsp3) is 0.130. The Morgan fingerprint density at radius 2 is 1.61 bits per heavy atom. The van der Waals surface area contributed by atoms with Crippen LogP contribution in [0.4, 0.5) is 0 Å². The van der Waals surface area contributed by atoms with E-state index in [2.05, 4.69) is 20.6 Å². The number of rotatable bonds is 5. The van der Waals surface area contributed by atoms with Crippen LogP contribution in [-0.2, 0) is 10.3 Å². The minimum absolute atomic E-state index is 0.170. The first-order valence-corrected chi connectivity index (χ1v) is 9.79. The van der Waals surface area contributed by atoms with Gasteiger partial charge in [-0.25, -0.2) is 9.89 Å². The van der Waals surface area contributed by atoms with Crippen molar-refractivity contribution in [3.05, 3.63) is 89.5 Å². The normalized spacial score (nSPS) is 14.7. The standard InChI is InChI=1S/C23H19N5O3/c24-23(22(29)30,15-11-9-14(10-12-15)21-25-27-28-26-21)13-18-16-5-1-3-7-19(16)31-20-8-4-2-6-17(18)20/h1-12,18H,13,24H2,(H,29,30)(H,25,26,27,28). The van der Waals surface area contributed by atoms with Crippen molar-refractivity contribution >= 4 is 5.97 Å². The van der Waals surface area contributed by atoms with Crippen molar-refractivity contribution in [1.29, 1.82) is 0 Å². The van der Waals surface area contributed by atoms with E-state index in [9.17, 15) is 9.90 Å². The summed E-state index contributed by atoms with van der Waals surface area (Å²) in [5, 5.41) is 23.9. The summed E-state index contributed by atoms with van der Waals surface area (Å²) < 4.78 is 6.03. The number of para-hydroxylation sites is 2. The Bertz CT molecular complexity index is 1190. The number of hydrogen-bond acceptors (Lipinski definition) is 6. The average molecular weight is 413 g/mol. The first kappa shape index (κ1) is 19.0. The summed E-state index contributed by atoms with van der Waals surface area (Å²) in [7, 11) is 0. The van der Waals surface area contributed by atoms with Gasteiger partial charge in [-0.1, -0.05) is 60.7 Å². The third kappa shape index (κ3) is 3.23. The zero-order valence-corrected chi connectivity index (χ0v) is 16.4. The maximum Gasteiger partial charge on any atom is 0.328 e. The van der Waals surface area contributed by atoms with Crippen LogP contribution in [0.3, 0.4) is 0 Å². The average Bonchev–Trinajstić information content (AvgIpc) is 3.34. The fourth-order valence-electron chi connectivity index (χ4n) is 4.09. The molecule has 154 valence electrons. The number of nitrogens with two attached hydrogens (primary N) is 1. The van der Waals surface area contributed by atoms with E-state index in [1.807, 2.05) is 48.5 Å². The number of carbonyl (C=O) groups is 1. The molecule has 0 aliphatic carbocycles. The van der Waals surface area contributed by atoms with Crippen molar-refractivity contribution in [2.24, 2.45) is 5.73 Å².